The van der Waals surface area contributed by atoms with Gasteiger partial charge in [0.2, 0.25) is 9.84 Å². The number of aliphatic hydroxyl groups excluding tert-OH is 1. The molecule has 0 heterocycles. The number of hydrogen-bond acceptors (Lipinski definition) is 4. The zero-order valence-corrected chi connectivity index (χ0v) is 9.99. The third kappa shape index (κ3) is 2.31. The Morgan fingerprint density at radius 2 is 1.94 bits per heavy atom. The number of Topliss-reactive ketones (excluding diaryl/α,β-unsaturated/α-hetero) is 1. The van der Waals surface area contributed by atoms with Crippen LogP contribution in [0.2, 0.25) is 0 Å². The van der Waals surface area contributed by atoms with E-state index in [0.29, 0.717) is 0 Å². The summed E-state index contributed by atoms with van der Waals surface area (Å²) in [5, 5.41) is 9.21. The molecular weight excluding hydrogens is 228 g/mol. The van der Waals surface area contributed by atoms with Crippen LogP contribution in [0.1, 0.15) is 30.6 Å². The Morgan fingerprint density at radius 3 is 2.44 bits per heavy atom. The van der Waals surface area contributed by atoms with Crippen LogP contribution in [0.5, 0.6) is 0 Å². The maximum atomic E-state index is 11.8. The second-order valence-corrected chi connectivity index (χ2v) is 5.63. The van der Waals surface area contributed by atoms with Crippen molar-refractivity contribution in [2.75, 3.05) is 0 Å². The molecule has 0 spiro atoms. The summed E-state index contributed by atoms with van der Waals surface area (Å²) in [6.07, 6.45) is 0.229. The highest BCUT2D eigenvalue weighted by atomic mass is 32.2. The molecule has 1 aromatic carbocycles. The molecule has 16 heavy (non-hydrogen) atoms. The minimum absolute atomic E-state index is 0.100. The van der Waals surface area contributed by atoms with Crippen molar-refractivity contribution < 1.29 is 18.3 Å². The summed E-state index contributed by atoms with van der Waals surface area (Å²) in [7, 11) is -3.83. The zero-order valence-electron chi connectivity index (χ0n) is 9.17. The van der Waals surface area contributed by atoms with E-state index in [1.807, 2.05) is 0 Å². The molecule has 5 heteroatoms. The van der Waals surface area contributed by atoms with Gasteiger partial charge >= 0.3 is 0 Å². The van der Waals surface area contributed by atoms with Crippen LogP contribution in [0.25, 0.3) is 0 Å². The highest BCUT2D eigenvalue weighted by molar-refractivity contribution is 7.92. The number of aliphatic hydroxyl groups is 1. The van der Waals surface area contributed by atoms with Gasteiger partial charge in [-0.05, 0) is 13.0 Å². The molecule has 88 valence electrons. The predicted octanol–water partition coefficient (Wildman–Crippen LogP) is 1.39. The van der Waals surface area contributed by atoms with E-state index in [1.54, 1.807) is 13.0 Å². The summed E-state index contributed by atoms with van der Waals surface area (Å²) < 4.78 is 23.5. The highest BCUT2D eigenvalue weighted by Crippen LogP contribution is 2.20. The Balaban J connectivity index is 3.41. The third-order valence-electron chi connectivity index (χ3n) is 2.26. The van der Waals surface area contributed by atoms with Gasteiger partial charge in [0.1, 0.15) is 0 Å². The van der Waals surface area contributed by atoms with E-state index >= 15 is 0 Å². The fourth-order valence-corrected chi connectivity index (χ4v) is 2.44. The molecule has 0 aliphatic heterocycles. The van der Waals surface area contributed by atoms with Gasteiger partial charge in [0.05, 0.1) is 4.90 Å². The van der Waals surface area contributed by atoms with Crippen LogP contribution in [0.3, 0.4) is 0 Å². The first kappa shape index (κ1) is 12.9. The van der Waals surface area contributed by atoms with E-state index in [-0.39, 0.29) is 22.7 Å². The lowest BCUT2D eigenvalue weighted by molar-refractivity contribution is 0.0985. The fourth-order valence-electron chi connectivity index (χ4n) is 1.32. The lowest BCUT2D eigenvalue weighted by Gasteiger charge is -2.10. The summed E-state index contributed by atoms with van der Waals surface area (Å²) in [6.45, 7) is 2.83. The molecule has 1 aromatic rings. The van der Waals surface area contributed by atoms with Crippen LogP contribution in [0.15, 0.2) is 29.2 Å². The van der Waals surface area contributed by atoms with Gasteiger partial charge in [0.25, 0.3) is 0 Å². The van der Waals surface area contributed by atoms with Crippen LogP contribution < -0.4 is 0 Å². The highest BCUT2D eigenvalue weighted by Gasteiger charge is 2.25. The van der Waals surface area contributed by atoms with Gasteiger partial charge in [-0.1, -0.05) is 25.1 Å². The number of hydrogen-bond donors (Lipinski definition) is 1. The number of carbonyl (C=O) groups is 1. The number of rotatable bonds is 4. The first-order valence-electron chi connectivity index (χ1n) is 4.95. The Kier molecular flexibility index (Phi) is 3.83. The van der Waals surface area contributed by atoms with Crippen molar-refractivity contribution in [3.8, 4) is 0 Å². The molecule has 0 fully saturated rings. The minimum Gasteiger partial charge on any atom is -0.377 e. The number of benzene rings is 1. The van der Waals surface area contributed by atoms with Crippen molar-refractivity contribution in [3.05, 3.63) is 29.8 Å². The smallest absolute Gasteiger partial charge is 0.205 e. The van der Waals surface area contributed by atoms with Crippen molar-refractivity contribution in [2.24, 2.45) is 0 Å². The topological polar surface area (TPSA) is 71.4 Å². The molecule has 0 saturated carbocycles. The SMILES string of the molecule is CCC(=O)c1ccccc1S(=O)(=O)C(C)O. The van der Waals surface area contributed by atoms with Gasteiger partial charge < -0.3 is 5.11 Å². The van der Waals surface area contributed by atoms with Gasteiger partial charge in [-0.3, -0.25) is 4.79 Å². The van der Waals surface area contributed by atoms with Crippen LogP contribution in [0, 0.1) is 0 Å². The van der Waals surface area contributed by atoms with Crippen LogP contribution in [-0.4, -0.2) is 24.7 Å². The quantitative estimate of drug-likeness (QED) is 0.810. The molecule has 0 aliphatic carbocycles. The molecule has 0 radical (unpaired) electrons. The van der Waals surface area contributed by atoms with Crippen molar-refractivity contribution in [3.63, 3.8) is 0 Å². The maximum absolute atomic E-state index is 11.8. The molecule has 1 rings (SSSR count). The average Bonchev–Trinajstić information content (AvgIpc) is 2.27. The van der Waals surface area contributed by atoms with Gasteiger partial charge in [-0.2, -0.15) is 0 Å². The van der Waals surface area contributed by atoms with Gasteiger partial charge in [-0.25, -0.2) is 8.42 Å². The molecule has 1 atom stereocenters. The molecule has 0 bridgehead atoms. The molecule has 1 unspecified atom stereocenters. The van der Waals surface area contributed by atoms with E-state index in [4.69, 9.17) is 0 Å². The third-order valence-corrected chi connectivity index (χ3v) is 4.13. The first-order chi connectivity index (χ1) is 7.41. The first-order valence-corrected chi connectivity index (χ1v) is 6.50. The maximum Gasteiger partial charge on any atom is 0.205 e. The van der Waals surface area contributed by atoms with Crippen molar-refractivity contribution in [1.29, 1.82) is 0 Å². The van der Waals surface area contributed by atoms with Crippen LogP contribution >= 0.6 is 0 Å². The Bertz CT molecular complexity index is 488. The van der Waals surface area contributed by atoms with Gasteiger partial charge in [-0.15, -0.1) is 0 Å². The van der Waals surface area contributed by atoms with Crippen molar-refractivity contribution >= 4 is 15.6 Å². The molecule has 0 amide bonds. The predicted molar refractivity (Wildman–Crippen MR) is 59.9 cm³/mol. The molecule has 1 N–H and O–H groups in total. The molecule has 0 saturated heterocycles. The molecular formula is C11H14O4S. The summed E-state index contributed by atoms with van der Waals surface area (Å²) in [4.78, 5) is 11.5. The second-order valence-electron chi connectivity index (χ2n) is 3.42. The zero-order chi connectivity index (χ0) is 12.3. The fraction of sp³-hybridized carbons (Fsp3) is 0.364. The number of ketones is 1. The Labute approximate surface area is 94.8 Å². The number of carbonyl (C=O) groups excluding carboxylic acids is 1. The Hall–Kier alpha value is -1.20. The molecule has 4 nitrogen and oxygen atoms in total. The second kappa shape index (κ2) is 4.76. The average molecular weight is 242 g/mol. The standard InChI is InChI=1S/C11H14O4S/c1-3-10(13)9-6-4-5-7-11(9)16(14,15)8(2)12/h4-8,12H,3H2,1-2H3. The van der Waals surface area contributed by atoms with E-state index in [0.717, 1.165) is 0 Å². The van der Waals surface area contributed by atoms with E-state index in [1.165, 1.54) is 25.1 Å². The molecule has 0 aliphatic rings. The van der Waals surface area contributed by atoms with Crippen molar-refractivity contribution in [2.45, 2.75) is 30.6 Å². The van der Waals surface area contributed by atoms with Crippen LogP contribution in [-0.2, 0) is 9.84 Å². The van der Waals surface area contributed by atoms with E-state index in [2.05, 4.69) is 0 Å². The summed E-state index contributed by atoms with van der Waals surface area (Å²) >= 11 is 0. The summed E-state index contributed by atoms with van der Waals surface area (Å²) in [5.74, 6) is -0.250. The largest absolute Gasteiger partial charge is 0.377 e. The number of sulfone groups is 1. The van der Waals surface area contributed by atoms with Crippen molar-refractivity contribution in [1.82, 2.24) is 0 Å². The lowest BCUT2D eigenvalue weighted by Crippen LogP contribution is -2.19. The minimum atomic E-state index is -3.83. The van der Waals surface area contributed by atoms with E-state index in [9.17, 15) is 18.3 Å². The van der Waals surface area contributed by atoms with Crippen LogP contribution in [0.4, 0.5) is 0 Å². The van der Waals surface area contributed by atoms with Gasteiger partial charge in [0.15, 0.2) is 11.2 Å². The van der Waals surface area contributed by atoms with Gasteiger partial charge in [0, 0.05) is 12.0 Å². The van der Waals surface area contributed by atoms with E-state index < -0.39 is 15.3 Å². The lowest BCUT2D eigenvalue weighted by atomic mass is 10.1. The Morgan fingerprint density at radius 1 is 1.38 bits per heavy atom. The summed E-state index contributed by atoms with van der Waals surface area (Å²) in [6, 6.07) is 5.93. The normalized spacial score (nSPS) is 13.4. The molecule has 0 aromatic heterocycles. The monoisotopic (exact) mass is 242 g/mol. The summed E-state index contributed by atoms with van der Waals surface area (Å²) in [5.41, 5.74) is -1.37.